The average molecular weight is 367 g/mol. The fourth-order valence-corrected chi connectivity index (χ4v) is 2.62. The van der Waals surface area contributed by atoms with E-state index in [4.69, 9.17) is 0 Å². The summed E-state index contributed by atoms with van der Waals surface area (Å²) in [4.78, 5) is 24.5. The van der Waals surface area contributed by atoms with Gasteiger partial charge in [-0.1, -0.05) is 32.9 Å². The highest BCUT2D eigenvalue weighted by Crippen LogP contribution is 2.31. The third kappa shape index (κ3) is 5.00. The van der Waals surface area contributed by atoms with Gasteiger partial charge in [-0.15, -0.1) is 0 Å². The molecule has 142 valence electrons. The van der Waals surface area contributed by atoms with Crippen molar-refractivity contribution >= 4 is 23.3 Å². The smallest absolute Gasteiger partial charge is 0.319 e. The van der Waals surface area contributed by atoms with Crippen LogP contribution >= 0.6 is 0 Å². The molecule has 0 aliphatic heterocycles. The number of aromatic hydroxyl groups is 1. The number of nitrogens with one attached hydrogen (secondary N) is 3. The van der Waals surface area contributed by atoms with Crippen LogP contribution in [0.1, 0.15) is 49.5 Å². The Hall–Kier alpha value is -3.02. The second kappa shape index (κ2) is 7.31. The maximum Gasteiger partial charge on any atom is 0.319 e. The van der Waals surface area contributed by atoms with E-state index in [0.29, 0.717) is 16.9 Å². The van der Waals surface area contributed by atoms with Gasteiger partial charge in [0.05, 0.1) is 5.69 Å². The molecule has 1 saturated carbocycles. The van der Waals surface area contributed by atoms with E-state index in [9.17, 15) is 14.7 Å². The summed E-state index contributed by atoms with van der Waals surface area (Å²) in [6.07, 6.45) is 2.01. The summed E-state index contributed by atoms with van der Waals surface area (Å²) < 4.78 is 0. The number of amides is 3. The molecule has 0 unspecified atom stereocenters. The van der Waals surface area contributed by atoms with Crippen molar-refractivity contribution < 1.29 is 14.7 Å². The van der Waals surface area contributed by atoms with Crippen LogP contribution in [-0.2, 0) is 5.41 Å². The molecule has 0 aromatic heterocycles. The first kappa shape index (κ1) is 18.8. The number of anilines is 2. The van der Waals surface area contributed by atoms with Crippen LogP contribution in [0.15, 0.2) is 42.5 Å². The van der Waals surface area contributed by atoms with E-state index < -0.39 is 0 Å². The Bertz CT molecular complexity index is 867. The molecular weight excluding hydrogens is 342 g/mol. The minimum atomic E-state index is -0.359. The minimum absolute atomic E-state index is 0.00874. The highest BCUT2D eigenvalue weighted by Gasteiger charge is 2.23. The molecule has 0 bridgehead atoms. The van der Waals surface area contributed by atoms with Crippen LogP contribution in [0.5, 0.6) is 5.75 Å². The van der Waals surface area contributed by atoms with Gasteiger partial charge in [-0.2, -0.15) is 0 Å². The van der Waals surface area contributed by atoms with Crippen molar-refractivity contribution in [1.29, 1.82) is 0 Å². The van der Waals surface area contributed by atoms with Crippen LogP contribution in [0.4, 0.5) is 16.2 Å². The van der Waals surface area contributed by atoms with Crippen LogP contribution in [0, 0.1) is 0 Å². The first-order valence-corrected chi connectivity index (χ1v) is 9.05. The number of carbonyl (C=O) groups excluding carboxylic acids is 2. The van der Waals surface area contributed by atoms with E-state index in [1.54, 1.807) is 36.4 Å². The second-order valence-corrected chi connectivity index (χ2v) is 7.89. The summed E-state index contributed by atoms with van der Waals surface area (Å²) in [6, 6.07) is 11.9. The highest BCUT2D eigenvalue weighted by atomic mass is 16.3. The number of benzene rings is 2. The summed E-state index contributed by atoms with van der Waals surface area (Å²) in [5.74, 6) is -0.350. The Labute approximate surface area is 159 Å². The zero-order chi connectivity index (χ0) is 19.6. The zero-order valence-electron chi connectivity index (χ0n) is 15.8. The fraction of sp³-hybridized carbons (Fsp3) is 0.333. The number of hydrogen-bond acceptors (Lipinski definition) is 3. The first-order valence-electron chi connectivity index (χ1n) is 9.05. The van der Waals surface area contributed by atoms with E-state index in [2.05, 4.69) is 36.7 Å². The highest BCUT2D eigenvalue weighted by molar-refractivity contribution is 6.06. The molecule has 1 aliphatic carbocycles. The van der Waals surface area contributed by atoms with Crippen molar-refractivity contribution in [2.24, 2.45) is 0 Å². The van der Waals surface area contributed by atoms with Gasteiger partial charge in [0.2, 0.25) is 0 Å². The predicted molar refractivity (Wildman–Crippen MR) is 106 cm³/mol. The standard InChI is InChI=1S/C21H25N3O3/c1-21(2,3)14-7-10-18(25)17(12-14)24-19(26)13-5-4-6-16(11-13)23-20(27)22-15-8-9-15/h4-7,10-12,15,25H,8-9H2,1-3H3,(H,24,26)(H2,22,23,27). The van der Waals surface area contributed by atoms with Gasteiger partial charge in [-0.3, -0.25) is 4.79 Å². The largest absolute Gasteiger partial charge is 0.506 e. The average Bonchev–Trinajstić information content (AvgIpc) is 3.39. The van der Waals surface area contributed by atoms with E-state index >= 15 is 0 Å². The lowest BCUT2D eigenvalue weighted by atomic mass is 9.87. The summed E-state index contributed by atoms with van der Waals surface area (Å²) in [7, 11) is 0. The Kier molecular flexibility index (Phi) is 5.08. The normalized spacial score (nSPS) is 13.7. The number of rotatable bonds is 4. The van der Waals surface area contributed by atoms with Crippen molar-refractivity contribution in [3.8, 4) is 5.75 Å². The van der Waals surface area contributed by atoms with E-state index in [1.165, 1.54) is 0 Å². The minimum Gasteiger partial charge on any atom is -0.506 e. The molecule has 6 heteroatoms. The molecule has 1 aliphatic rings. The van der Waals surface area contributed by atoms with Crippen LogP contribution < -0.4 is 16.0 Å². The molecule has 4 N–H and O–H groups in total. The molecular formula is C21H25N3O3. The quantitative estimate of drug-likeness (QED) is 0.610. The third-order valence-electron chi connectivity index (χ3n) is 4.41. The molecule has 3 rings (SSSR count). The second-order valence-electron chi connectivity index (χ2n) is 7.89. The van der Waals surface area contributed by atoms with Crippen LogP contribution in [0.25, 0.3) is 0 Å². The van der Waals surface area contributed by atoms with Gasteiger partial charge in [-0.05, 0) is 54.2 Å². The first-order chi connectivity index (χ1) is 12.7. The number of phenolic OH excluding ortho intramolecular Hbond substituents is 1. The molecule has 6 nitrogen and oxygen atoms in total. The van der Waals surface area contributed by atoms with Gasteiger partial charge >= 0.3 is 6.03 Å². The number of carbonyl (C=O) groups is 2. The zero-order valence-corrected chi connectivity index (χ0v) is 15.8. The predicted octanol–water partition coefficient (Wildman–Crippen LogP) is 4.23. The fourth-order valence-electron chi connectivity index (χ4n) is 2.62. The van der Waals surface area contributed by atoms with Crippen molar-refractivity contribution in [3.05, 3.63) is 53.6 Å². The van der Waals surface area contributed by atoms with E-state index in [-0.39, 0.29) is 29.1 Å². The van der Waals surface area contributed by atoms with Gasteiger partial charge in [0.25, 0.3) is 5.91 Å². The number of phenols is 1. The number of urea groups is 1. The third-order valence-corrected chi connectivity index (χ3v) is 4.41. The molecule has 0 heterocycles. The van der Waals surface area contributed by atoms with E-state index in [0.717, 1.165) is 18.4 Å². The molecule has 0 spiro atoms. The van der Waals surface area contributed by atoms with Crippen LogP contribution in [0.3, 0.4) is 0 Å². The molecule has 1 fully saturated rings. The molecule has 0 radical (unpaired) electrons. The van der Waals surface area contributed by atoms with Gasteiger partial charge in [0.15, 0.2) is 0 Å². The van der Waals surface area contributed by atoms with Crippen LogP contribution in [-0.4, -0.2) is 23.1 Å². The van der Waals surface area contributed by atoms with Gasteiger partial charge < -0.3 is 21.1 Å². The van der Waals surface area contributed by atoms with Gasteiger partial charge in [0, 0.05) is 17.3 Å². The van der Waals surface area contributed by atoms with Crippen molar-refractivity contribution in [3.63, 3.8) is 0 Å². The lowest BCUT2D eigenvalue weighted by Crippen LogP contribution is -2.30. The van der Waals surface area contributed by atoms with Gasteiger partial charge in [-0.25, -0.2) is 4.79 Å². The van der Waals surface area contributed by atoms with Crippen molar-refractivity contribution in [1.82, 2.24) is 5.32 Å². The SMILES string of the molecule is CC(C)(C)c1ccc(O)c(NC(=O)c2cccc(NC(=O)NC3CC3)c2)c1. The van der Waals surface area contributed by atoms with Gasteiger partial charge in [0.1, 0.15) is 5.75 Å². The maximum atomic E-state index is 12.6. The Morgan fingerprint density at radius 2 is 1.78 bits per heavy atom. The van der Waals surface area contributed by atoms with E-state index in [1.807, 2.05) is 6.07 Å². The summed E-state index contributed by atoms with van der Waals surface area (Å²) >= 11 is 0. The van der Waals surface area contributed by atoms with Crippen molar-refractivity contribution in [2.75, 3.05) is 10.6 Å². The molecule has 0 saturated heterocycles. The lowest BCUT2D eigenvalue weighted by Gasteiger charge is -2.20. The lowest BCUT2D eigenvalue weighted by molar-refractivity contribution is 0.102. The number of hydrogen-bond donors (Lipinski definition) is 4. The summed E-state index contributed by atoms with van der Waals surface area (Å²) in [5.41, 5.74) is 2.18. The maximum absolute atomic E-state index is 12.6. The molecule has 0 atom stereocenters. The Morgan fingerprint density at radius 1 is 1.04 bits per heavy atom. The molecule has 2 aromatic rings. The molecule has 27 heavy (non-hydrogen) atoms. The monoisotopic (exact) mass is 367 g/mol. The Morgan fingerprint density at radius 3 is 2.44 bits per heavy atom. The topological polar surface area (TPSA) is 90.5 Å². The Balaban J connectivity index is 1.72. The summed E-state index contributed by atoms with van der Waals surface area (Å²) in [5, 5.41) is 18.4. The van der Waals surface area contributed by atoms with Crippen LogP contribution in [0.2, 0.25) is 0 Å². The molecule has 3 amide bonds. The van der Waals surface area contributed by atoms with Crippen molar-refractivity contribution in [2.45, 2.75) is 45.1 Å². The summed E-state index contributed by atoms with van der Waals surface area (Å²) in [6.45, 7) is 6.19. The molecule has 2 aromatic carbocycles.